The predicted molar refractivity (Wildman–Crippen MR) is 34.7 cm³/mol. The van der Waals surface area contributed by atoms with Crippen molar-refractivity contribution in [2.45, 2.75) is 13.8 Å². The number of rotatable bonds is 3. The molecule has 0 aliphatic carbocycles. The van der Waals surface area contributed by atoms with Crippen LogP contribution in [0.3, 0.4) is 0 Å². The molecule has 0 aliphatic heterocycles. The highest BCUT2D eigenvalue weighted by molar-refractivity contribution is 7.86. The van der Waals surface area contributed by atoms with Gasteiger partial charge in [-0.25, -0.2) is 0 Å². The molecule has 58 valence electrons. The van der Waals surface area contributed by atoms with Crippen LogP contribution < -0.4 is 0 Å². The van der Waals surface area contributed by atoms with Crippen molar-refractivity contribution in [3.8, 4) is 0 Å². The van der Waals surface area contributed by atoms with Crippen molar-refractivity contribution in [2.24, 2.45) is 0 Å². The summed E-state index contributed by atoms with van der Waals surface area (Å²) in [5.41, 5.74) is 0. The average molecular weight is 156 g/mol. The van der Waals surface area contributed by atoms with Crippen LogP contribution in [0.4, 0.5) is 0 Å². The van der Waals surface area contributed by atoms with Crippen LogP contribution in [0.15, 0.2) is 0 Å². The maximum absolute atomic E-state index is 10.4. The van der Waals surface area contributed by atoms with E-state index in [-0.39, 0.29) is 17.8 Å². The summed E-state index contributed by atoms with van der Waals surface area (Å²) in [5.74, 6) is 0.0564. The first-order valence-corrected chi connectivity index (χ1v) is 4.07. The number of hydrogen-bond donors (Lipinski definition) is 0. The van der Waals surface area contributed by atoms with E-state index in [1.165, 1.54) is 0 Å². The quantitative estimate of drug-likeness (QED) is 0.519. The van der Waals surface area contributed by atoms with E-state index in [0.717, 1.165) is 0 Å². The molecule has 0 bridgehead atoms. The predicted octanol–water partition coefficient (Wildman–Crippen LogP) is -0.452. The second-order valence-electron chi connectivity index (χ2n) is 1.25. The van der Waals surface area contributed by atoms with Gasteiger partial charge in [0.1, 0.15) is 0 Å². The maximum atomic E-state index is 10.4. The molecule has 5 heteroatoms. The summed E-state index contributed by atoms with van der Waals surface area (Å²) in [7, 11) is -3.17. The Morgan fingerprint density at radius 3 is 1.89 bits per heavy atom. The molecule has 0 atom stereocenters. The van der Waals surface area contributed by atoms with Gasteiger partial charge in [0.05, 0.1) is 12.4 Å². The van der Waals surface area contributed by atoms with Gasteiger partial charge in [0.15, 0.2) is 0 Å². The highest BCUT2D eigenvalue weighted by atomic mass is 32.2. The van der Waals surface area contributed by atoms with Crippen molar-refractivity contribution >= 4 is 10.1 Å². The summed E-state index contributed by atoms with van der Waals surface area (Å²) >= 11 is 0. The molecule has 0 saturated heterocycles. The van der Waals surface area contributed by atoms with E-state index in [2.05, 4.69) is 4.18 Å². The molecule has 0 aromatic carbocycles. The lowest BCUT2D eigenvalue weighted by Gasteiger charge is -1.95. The van der Waals surface area contributed by atoms with Gasteiger partial charge in [-0.2, -0.15) is 8.42 Å². The van der Waals surface area contributed by atoms with Gasteiger partial charge in [-0.3, -0.25) is 4.18 Å². The molecule has 4 nitrogen and oxygen atoms in total. The first-order valence-electron chi connectivity index (χ1n) is 2.49. The molecule has 0 unspecified atom stereocenters. The summed E-state index contributed by atoms with van der Waals surface area (Å²) < 4.78 is 25.1. The van der Waals surface area contributed by atoms with Gasteiger partial charge in [0.2, 0.25) is 0 Å². The van der Waals surface area contributed by atoms with Crippen LogP contribution in [0.5, 0.6) is 0 Å². The Kier molecular flexibility index (Phi) is 6.11. The summed E-state index contributed by atoms with van der Waals surface area (Å²) in [5, 5.41) is 0. The van der Waals surface area contributed by atoms with Crippen molar-refractivity contribution in [1.82, 2.24) is 0 Å². The Labute approximate surface area is 55.3 Å². The van der Waals surface area contributed by atoms with E-state index in [4.69, 9.17) is 0 Å². The Hall–Kier alpha value is -0.130. The van der Waals surface area contributed by atoms with Crippen molar-refractivity contribution in [3.05, 3.63) is 0 Å². The lowest BCUT2D eigenvalue weighted by molar-refractivity contribution is 0.339. The van der Waals surface area contributed by atoms with Crippen LogP contribution in [-0.2, 0) is 14.3 Å². The summed E-state index contributed by atoms with van der Waals surface area (Å²) in [6, 6.07) is 0. The van der Waals surface area contributed by atoms with E-state index in [9.17, 15) is 8.42 Å². The Balaban J connectivity index is 0. The Morgan fingerprint density at radius 1 is 1.33 bits per heavy atom. The standard InChI is InChI=1S/C4H10O3S.H2O/c1-3-7-8(5,6)4-2;/h3-4H2,1-2H3;1H2. The molecule has 0 spiro atoms. The second kappa shape index (κ2) is 4.72. The second-order valence-corrected chi connectivity index (χ2v) is 3.18. The van der Waals surface area contributed by atoms with E-state index < -0.39 is 10.1 Å². The van der Waals surface area contributed by atoms with Gasteiger partial charge in [-0.15, -0.1) is 0 Å². The molecule has 0 aliphatic rings. The summed E-state index contributed by atoms with van der Waals surface area (Å²) in [6.45, 7) is 3.42. The third-order valence-electron chi connectivity index (χ3n) is 0.651. The van der Waals surface area contributed by atoms with Crippen LogP contribution in [0.1, 0.15) is 13.8 Å². The van der Waals surface area contributed by atoms with Crippen LogP contribution >= 0.6 is 0 Å². The van der Waals surface area contributed by atoms with E-state index in [0.29, 0.717) is 0 Å². The third kappa shape index (κ3) is 5.75. The summed E-state index contributed by atoms with van der Waals surface area (Å²) in [4.78, 5) is 0. The molecule has 0 fully saturated rings. The minimum atomic E-state index is -3.17. The minimum Gasteiger partial charge on any atom is -0.412 e. The molecule has 0 amide bonds. The highest BCUT2D eigenvalue weighted by Gasteiger charge is 2.02. The monoisotopic (exact) mass is 156 g/mol. The van der Waals surface area contributed by atoms with Gasteiger partial charge in [0, 0.05) is 0 Å². The highest BCUT2D eigenvalue weighted by Crippen LogP contribution is 1.89. The van der Waals surface area contributed by atoms with Crippen molar-refractivity contribution in [1.29, 1.82) is 0 Å². The molecule has 0 aromatic heterocycles. The fourth-order valence-electron chi connectivity index (χ4n) is 0.263. The fraction of sp³-hybridized carbons (Fsp3) is 1.00. The maximum Gasteiger partial charge on any atom is 0.267 e. The molecular weight excluding hydrogens is 144 g/mol. The van der Waals surface area contributed by atoms with E-state index >= 15 is 0 Å². The zero-order valence-corrected chi connectivity index (χ0v) is 6.36. The molecular formula is C4H12O4S. The molecule has 0 saturated carbocycles. The smallest absolute Gasteiger partial charge is 0.267 e. The molecule has 0 aromatic rings. The zero-order chi connectivity index (χ0) is 6.62. The minimum absolute atomic E-state index is 0. The van der Waals surface area contributed by atoms with Gasteiger partial charge in [-0.1, -0.05) is 0 Å². The average Bonchev–Trinajstić information content (AvgIpc) is 1.67. The molecule has 9 heavy (non-hydrogen) atoms. The largest absolute Gasteiger partial charge is 0.412 e. The first-order chi connectivity index (χ1) is 3.62. The number of hydrogen-bond acceptors (Lipinski definition) is 3. The van der Waals surface area contributed by atoms with Crippen LogP contribution in [-0.4, -0.2) is 26.3 Å². The molecule has 2 N–H and O–H groups in total. The van der Waals surface area contributed by atoms with E-state index in [1.807, 2.05) is 0 Å². The van der Waals surface area contributed by atoms with Gasteiger partial charge in [-0.05, 0) is 13.8 Å². The Bertz CT molecular complexity index is 137. The van der Waals surface area contributed by atoms with Crippen LogP contribution in [0, 0.1) is 0 Å². The zero-order valence-electron chi connectivity index (χ0n) is 5.55. The molecule has 0 radical (unpaired) electrons. The lowest BCUT2D eigenvalue weighted by atomic mass is 10.9. The van der Waals surface area contributed by atoms with Crippen LogP contribution in [0.2, 0.25) is 0 Å². The topological polar surface area (TPSA) is 74.9 Å². The van der Waals surface area contributed by atoms with Gasteiger partial charge < -0.3 is 5.48 Å². The van der Waals surface area contributed by atoms with Gasteiger partial charge >= 0.3 is 0 Å². The first kappa shape index (κ1) is 11.6. The van der Waals surface area contributed by atoms with Crippen molar-refractivity contribution < 1.29 is 18.1 Å². The molecule has 0 heterocycles. The van der Waals surface area contributed by atoms with Crippen molar-refractivity contribution in [2.75, 3.05) is 12.4 Å². The Morgan fingerprint density at radius 2 is 1.78 bits per heavy atom. The van der Waals surface area contributed by atoms with E-state index in [1.54, 1.807) is 13.8 Å². The lowest BCUT2D eigenvalue weighted by Crippen LogP contribution is -2.06. The van der Waals surface area contributed by atoms with Gasteiger partial charge in [0.25, 0.3) is 10.1 Å². The fourth-order valence-corrected chi connectivity index (χ4v) is 0.789. The third-order valence-corrected chi connectivity index (χ3v) is 1.95. The normalized spacial score (nSPS) is 10.4. The molecule has 0 rings (SSSR count). The van der Waals surface area contributed by atoms with Crippen LogP contribution in [0.25, 0.3) is 0 Å². The SMILES string of the molecule is CCOS(=O)(=O)CC.O. The summed E-state index contributed by atoms with van der Waals surface area (Å²) in [6.07, 6.45) is 0. The van der Waals surface area contributed by atoms with Crippen molar-refractivity contribution in [3.63, 3.8) is 0 Å².